The van der Waals surface area contributed by atoms with Gasteiger partial charge in [0.25, 0.3) is 5.91 Å². The lowest BCUT2D eigenvalue weighted by Crippen LogP contribution is -2.21. The fourth-order valence-electron chi connectivity index (χ4n) is 2.65. The van der Waals surface area contributed by atoms with E-state index in [4.69, 9.17) is 11.6 Å². The van der Waals surface area contributed by atoms with Gasteiger partial charge in [-0.05, 0) is 42.2 Å². The molecule has 25 heavy (non-hydrogen) atoms. The highest BCUT2D eigenvalue weighted by Gasteiger charge is 2.12. The number of hydrogen-bond acceptors (Lipinski definition) is 3. The molecule has 2 aromatic rings. The van der Waals surface area contributed by atoms with E-state index in [0.29, 0.717) is 12.1 Å². The number of amides is 1. The number of rotatable bonds is 8. The third kappa shape index (κ3) is 5.21. The van der Waals surface area contributed by atoms with Crippen molar-refractivity contribution in [2.24, 2.45) is 0 Å². The average molecular weight is 361 g/mol. The molecule has 2 rings (SSSR count). The summed E-state index contributed by atoms with van der Waals surface area (Å²) in [4.78, 5) is 12.7. The Morgan fingerprint density at radius 1 is 1.12 bits per heavy atom. The van der Waals surface area contributed by atoms with Crippen LogP contribution in [0.5, 0.6) is 0 Å². The molecule has 3 N–H and O–H groups in total. The summed E-state index contributed by atoms with van der Waals surface area (Å²) in [6, 6.07) is 13.3. The summed E-state index contributed by atoms with van der Waals surface area (Å²) >= 11 is 5.59. The molecular weight excluding hydrogens is 336 g/mol. The van der Waals surface area contributed by atoms with E-state index < -0.39 is 6.10 Å². The number of carbonyl (C=O) groups excluding carboxylic acids is 1. The molecule has 0 bridgehead atoms. The maximum absolute atomic E-state index is 12.7. The first-order chi connectivity index (χ1) is 12.1. The summed E-state index contributed by atoms with van der Waals surface area (Å²) in [6.45, 7) is 4.50. The van der Waals surface area contributed by atoms with Gasteiger partial charge in [0.05, 0.1) is 12.0 Å². The van der Waals surface area contributed by atoms with E-state index >= 15 is 0 Å². The van der Waals surface area contributed by atoms with Crippen LogP contribution in [0, 0.1) is 0 Å². The molecule has 0 saturated carbocycles. The Morgan fingerprint density at radius 3 is 2.36 bits per heavy atom. The lowest BCUT2D eigenvalue weighted by molar-refractivity contribution is 0.102. The van der Waals surface area contributed by atoms with Gasteiger partial charge < -0.3 is 15.7 Å². The number of aliphatic hydroxyl groups is 1. The Bertz CT molecular complexity index is 696. The summed E-state index contributed by atoms with van der Waals surface area (Å²) in [6.07, 6.45) is 1.10. The average Bonchev–Trinajstić information content (AvgIpc) is 2.66. The summed E-state index contributed by atoms with van der Waals surface area (Å²) in [7, 11) is 0. The number of nitrogens with one attached hydrogen (secondary N) is 2. The zero-order valence-corrected chi connectivity index (χ0v) is 15.4. The van der Waals surface area contributed by atoms with Gasteiger partial charge in [-0.25, -0.2) is 0 Å². The second-order valence-corrected chi connectivity index (χ2v) is 6.19. The number of hydrogen-bond donors (Lipinski definition) is 3. The van der Waals surface area contributed by atoms with Crippen LogP contribution in [0.15, 0.2) is 42.5 Å². The monoisotopic (exact) mass is 360 g/mol. The molecule has 4 nitrogen and oxygen atoms in total. The van der Waals surface area contributed by atoms with Gasteiger partial charge in [-0.15, -0.1) is 11.6 Å². The van der Waals surface area contributed by atoms with Crippen molar-refractivity contribution in [2.45, 2.75) is 32.8 Å². The molecule has 0 aliphatic heterocycles. The number of carbonyl (C=O) groups is 1. The number of benzene rings is 2. The SMILES string of the molecule is CCc1cccc(CC)c1NC(=O)c1cccc(NCC(O)CCl)c1. The number of para-hydroxylation sites is 1. The van der Waals surface area contributed by atoms with Crippen LogP contribution >= 0.6 is 11.6 Å². The van der Waals surface area contributed by atoms with Crippen LogP contribution in [0.3, 0.4) is 0 Å². The van der Waals surface area contributed by atoms with Crippen LogP contribution in [-0.2, 0) is 12.8 Å². The number of aryl methyl sites for hydroxylation is 2. The first-order valence-electron chi connectivity index (χ1n) is 8.59. The molecule has 1 unspecified atom stereocenters. The molecule has 0 fully saturated rings. The minimum Gasteiger partial charge on any atom is -0.390 e. The van der Waals surface area contributed by atoms with Crippen LogP contribution < -0.4 is 10.6 Å². The van der Waals surface area contributed by atoms with Crippen LogP contribution in [-0.4, -0.2) is 29.5 Å². The van der Waals surface area contributed by atoms with Gasteiger partial charge in [0, 0.05) is 23.5 Å². The standard InChI is InChI=1S/C20H25ClN2O2/c1-3-14-7-5-8-15(4-2)19(14)23-20(25)16-9-6-10-17(11-16)22-13-18(24)12-21/h5-11,18,22,24H,3-4,12-13H2,1-2H3,(H,23,25). The van der Waals surface area contributed by atoms with Crippen LogP contribution in [0.1, 0.15) is 35.3 Å². The maximum atomic E-state index is 12.7. The molecule has 0 radical (unpaired) electrons. The number of aliphatic hydroxyl groups excluding tert-OH is 1. The Labute approximate surface area is 154 Å². The zero-order valence-electron chi connectivity index (χ0n) is 14.7. The quantitative estimate of drug-likeness (QED) is 0.622. The van der Waals surface area contributed by atoms with E-state index in [1.807, 2.05) is 30.3 Å². The smallest absolute Gasteiger partial charge is 0.255 e. The molecule has 0 aliphatic carbocycles. The van der Waals surface area contributed by atoms with Gasteiger partial charge in [0.1, 0.15) is 0 Å². The van der Waals surface area contributed by atoms with Crippen molar-refractivity contribution in [3.8, 4) is 0 Å². The Morgan fingerprint density at radius 2 is 1.76 bits per heavy atom. The molecule has 0 saturated heterocycles. The Balaban J connectivity index is 2.16. The molecular formula is C20H25ClN2O2. The van der Waals surface area contributed by atoms with Gasteiger partial charge in [0.2, 0.25) is 0 Å². The fourth-order valence-corrected chi connectivity index (χ4v) is 2.76. The lowest BCUT2D eigenvalue weighted by atomic mass is 10.0. The maximum Gasteiger partial charge on any atom is 0.255 e. The molecule has 5 heteroatoms. The summed E-state index contributed by atoms with van der Waals surface area (Å²) in [5.41, 5.74) is 4.52. The first kappa shape index (κ1) is 19.3. The number of anilines is 2. The van der Waals surface area contributed by atoms with Crippen molar-refractivity contribution in [1.82, 2.24) is 0 Å². The van der Waals surface area contributed by atoms with Crippen molar-refractivity contribution in [1.29, 1.82) is 0 Å². The van der Waals surface area contributed by atoms with E-state index in [9.17, 15) is 9.90 Å². The highest BCUT2D eigenvalue weighted by atomic mass is 35.5. The molecule has 0 spiro atoms. The van der Waals surface area contributed by atoms with E-state index in [-0.39, 0.29) is 11.8 Å². The van der Waals surface area contributed by atoms with Gasteiger partial charge in [-0.1, -0.05) is 38.1 Å². The summed E-state index contributed by atoms with van der Waals surface area (Å²) in [5.74, 6) is 0.0259. The lowest BCUT2D eigenvalue weighted by Gasteiger charge is -2.15. The van der Waals surface area contributed by atoms with Crippen molar-refractivity contribution < 1.29 is 9.90 Å². The van der Waals surface area contributed by atoms with E-state index in [1.165, 1.54) is 0 Å². The minimum absolute atomic E-state index is 0.142. The number of halogens is 1. The predicted molar refractivity (Wildman–Crippen MR) is 105 cm³/mol. The molecule has 0 aromatic heterocycles. The molecule has 2 aromatic carbocycles. The highest BCUT2D eigenvalue weighted by Crippen LogP contribution is 2.23. The first-order valence-corrected chi connectivity index (χ1v) is 9.12. The van der Waals surface area contributed by atoms with Gasteiger partial charge in [-0.2, -0.15) is 0 Å². The Kier molecular flexibility index (Phi) is 7.29. The van der Waals surface area contributed by atoms with Crippen molar-refractivity contribution in [2.75, 3.05) is 23.1 Å². The predicted octanol–water partition coefficient (Wildman–Crippen LogP) is 4.08. The molecule has 1 atom stereocenters. The van der Waals surface area contributed by atoms with Gasteiger partial charge in [0.15, 0.2) is 0 Å². The minimum atomic E-state index is -0.623. The summed E-state index contributed by atoms with van der Waals surface area (Å²) in [5, 5.41) is 15.7. The number of alkyl halides is 1. The van der Waals surface area contributed by atoms with Crippen molar-refractivity contribution in [3.05, 3.63) is 59.2 Å². The third-order valence-corrected chi connectivity index (χ3v) is 4.44. The molecule has 1 amide bonds. The Hall–Kier alpha value is -2.04. The fraction of sp³-hybridized carbons (Fsp3) is 0.350. The van der Waals surface area contributed by atoms with Crippen LogP contribution in [0.4, 0.5) is 11.4 Å². The van der Waals surface area contributed by atoms with E-state index in [2.05, 4.69) is 24.5 Å². The van der Waals surface area contributed by atoms with E-state index in [0.717, 1.165) is 35.3 Å². The van der Waals surface area contributed by atoms with Crippen LogP contribution in [0.25, 0.3) is 0 Å². The van der Waals surface area contributed by atoms with Crippen molar-refractivity contribution >= 4 is 28.9 Å². The molecule has 0 aliphatic rings. The normalized spacial score (nSPS) is 11.8. The molecule has 0 heterocycles. The van der Waals surface area contributed by atoms with Gasteiger partial charge in [-0.3, -0.25) is 4.79 Å². The summed E-state index contributed by atoms with van der Waals surface area (Å²) < 4.78 is 0. The third-order valence-electron chi connectivity index (χ3n) is 4.08. The van der Waals surface area contributed by atoms with Crippen molar-refractivity contribution in [3.63, 3.8) is 0 Å². The van der Waals surface area contributed by atoms with Gasteiger partial charge >= 0.3 is 0 Å². The van der Waals surface area contributed by atoms with E-state index in [1.54, 1.807) is 12.1 Å². The second-order valence-electron chi connectivity index (χ2n) is 5.88. The second kappa shape index (κ2) is 9.44. The largest absolute Gasteiger partial charge is 0.390 e. The molecule has 134 valence electrons. The topological polar surface area (TPSA) is 61.4 Å². The zero-order chi connectivity index (χ0) is 18.2. The van der Waals surface area contributed by atoms with Crippen LogP contribution in [0.2, 0.25) is 0 Å². The highest BCUT2D eigenvalue weighted by molar-refractivity contribution is 6.18.